The molecule has 0 radical (unpaired) electrons. The van der Waals surface area contributed by atoms with Gasteiger partial charge in [0.05, 0.1) is 0 Å². The first-order valence-electron chi connectivity index (χ1n) is 6.04. The number of benzene rings is 1. The van der Waals surface area contributed by atoms with E-state index in [1.165, 1.54) is 18.4 Å². The zero-order valence-corrected chi connectivity index (χ0v) is 10.9. The molecule has 88 valence electrons. The number of rotatable bonds is 3. The first kappa shape index (κ1) is 11.8. The lowest BCUT2D eigenvalue weighted by Gasteiger charge is -2.34. The molecule has 0 bridgehead atoms. The van der Waals surface area contributed by atoms with Crippen LogP contribution in [0.5, 0.6) is 5.75 Å². The van der Waals surface area contributed by atoms with E-state index in [0.717, 1.165) is 10.8 Å². The van der Waals surface area contributed by atoms with Gasteiger partial charge < -0.3 is 4.74 Å². The Labute approximate surface area is 103 Å². The van der Waals surface area contributed by atoms with Crippen molar-refractivity contribution in [2.24, 2.45) is 5.92 Å². The van der Waals surface area contributed by atoms with Gasteiger partial charge in [-0.25, -0.2) is 0 Å². The molecule has 1 nitrogen and oxygen atoms in total. The van der Waals surface area contributed by atoms with Crippen LogP contribution in [-0.2, 0) is 0 Å². The quantitative estimate of drug-likeness (QED) is 0.746. The SMILES string of the molecule is CC(C)c1cc(O[C@@H]2CCC2C)ccc1Cl. The van der Waals surface area contributed by atoms with Crippen LogP contribution < -0.4 is 4.74 Å². The number of hydrogen-bond donors (Lipinski definition) is 0. The summed E-state index contributed by atoms with van der Waals surface area (Å²) in [7, 11) is 0. The van der Waals surface area contributed by atoms with Crippen molar-refractivity contribution in [3.8, 4) is 5.75 Å². The molecule has 0 amide bonds. The molecular formula is C14H19ClO. The maximum Gasteiger partial charge on any atom is 0.120 e. The molecule has 1 aromatic carbocycles. The third-order valence-corrected chi connectivity index (χ3v) is 3.76. The van der Waals surface area contributed by atoms with Crippen LogP contribution in [0.25, 0.3) is 0 Å². The van der Waals surface area contributed by atoms with E-state index in [-0.39, 0.29) is 0 Å². The zero-order valence-electron chi connectivity index (χ0n) is 10.2. The van der Waals surface area contributed by atoms with E-state index in [1.807, 2.05) is 12.1 Å². The molecule has 1 aromatic rings. The van der Waals surface area contributed by atoms with E-state index in [2.05, 4.69) is 26.8 Å². The summed E-state index contributed by atoms with van der Waals surface area (Å²) in [6.45, 7) is 6.54. The predicted octanol–water partition coefficient (Wildman–Crippen LogP) is 4.64. The lowest BCUT2D eigenvalue weighted by molar-refractivity contribution is 0.0576. The zero-order chi connectivity index (χ0) is 11.7. The van der Waals surface area contributed by atoms with Gasteiger partial charge in [0.1, 0.15) is 11.9 Å². The largest absolute Gasteiger partial charge is 0.490 e. The van der Waals surface area contributed by atoms with E-state index in [9.17, 15) is 0 Å². The molecule has 0 N–H and O–H groups in total. The van der Waals surface area contributed by atoms with Crippen LogP contribution in [0.1, 0.15) is 45.1 Å². The highest BCUT2D eigenvalue weighted by Crippen LogP contribution is 2.33. The fourth-order valence-corrected chi connectivity index (χ4v) is 2.36. The summed E-state index contributed by atoms with van der Waals surface area (Å²) in [6.07, 6.45) is 2.87. The second-order valence-corrected chi connectivity index (χ2v) is 5.46. The van der Waals surface area contributed by atoms with E-state index in [0.29, 0.717) is 17.9 Å². The molecule has 0 spiro atoms. The van der Waals surface area contributed by atoms with Crippen LogP contribution in [0, 0.1) is 5.92 Å². The smallest absolute Gasteiger partial charge is 0.120 e. The highest BCUT2D eigenvalue weighted by Gasteiger charge is 2.28. The molecule has 0 aliphatic heterocycles. The number of ether oxygens (including phenoxy) is 1. The van der Waals surface area contributed by atoms with Crippen LogP contribution in [0.2, 0.25) is 5.02 Å². The second kappa shape index (κ2) is 4.67. The molecule has 1 aliphatic carbocycles. The highest BCUT2D eigenvalue weighted by molar-refractivity contribution is 6.31. The number of hydrogen-bond acceptors (Lipinski definition) is 1. The summed E-state index contributed by atoms with van der Waals surface area (Å²) >= 11 is 6.15. The van der Waals surface area contributed by atoms with Crippen molar-refractivity contribution in [1.82, 2.24) is 0 Å². The van der Waals surface area contributed by atoms with Crippen LogP contribution in [0.15, 0.2) is 18.2 Å². The Hall–Kier alpha value is -0.690. The molecule has 16 heavy (non-hydrogen) atoms. The Morgan fingerprint density at radius 1 is 1.31 bits per heavy atom. The van der Waals surface area contributed by atoms with E-state index < -0.39 is 0 Å². The highest BCUT2D eigenvalue weighted by atomic mass is 35.5. The van der Waals surface area contributed by atoms with Crippen LogP contribution in [0.4, 0.5) is 0 Å². The minimum Gasteiger partial charge on any atom is -0.490 e. The summed E-state index contributed by atoms with van der Waals surface area (Å²) in [6, 6.07) is 5.99. The van der Waals surface area contributed by atoms with Gasteiger partial charge in [-0.3, -0.25) is 0 Å². The van der Waals surface area contributed by atoms with Gasteiger partial charge in [-0.1, -0.05) is 32.4 Å². The van der Waals surface area contributed by atoms with Crippen molar-refractivity contribution in [2.45, 2.75) is 45.6 Å². The lowest BCUT2D eigenvalue weighted by Crippen LogP contribution is -2.34. The summed E-state index contributed by atoms with van der Waals surface area (Å²) in [5.41, 5.74) is 1.17. The van der Waals surface area contributed by atoms with E-state index in [4.69, 9.17) is 16.3 Å². The Morgan fingerprint density at radius 2 is 2.06 bits per heavy atom. The van der Waals surface area contributed by atoms with Gasteiger partial charge in [0.2, 0.25) is 0 Å². The van der Waals surface area contributed by atoms with Crippen molar-refractivity contribution in [3.05, 3.63) is 28.8 Å². The van der Waals surface area contributed by atoms with Gasteiger partial charge in [-0.15, -0.1) is 0 Å². The second-order valence-electron chi connectivity index (χ2n) is 5.05. The van der Waals surface area contributed by atoms with Gasteiger partial charge in [0.25, 0.3) is 0 Å². The van der Waals surface area contributed by atoms with Gasteiger partial charge >= 0.3 is 0 Å². The molecule has 1 aliphatic rings. The Morgan fingerprint density at radius 3 is 2.56 bits per heavy atom. The van der Waals surface area contributed by atoms with Crippen molar-refractivity contribution < 1.29 is 4.74 Å². The molecular weight excluding hydrogens is 220 g/mol. The molecule has 1 unspecified atom stereocenters. The molecule has 0 aromatic heterocycles. The van der Waals surface area contributed by atoms with E-state index in [1.54, 1.807) is 0 Å². The standard InChI is InChI=1S/C14H19ClO/c1-9(2)12-8-11(5-6-13(12)15)16-14-7-4-10(14)3/h5-6,8-10,14H,4,7H2,1-3H3/t10?,14-/m1/s1. The summed E-state index contributed by atoms with van der Waals surface area (Å²) in [5.74, 6) is 2.10. The van der Waals surface area contributed by atoms with Crippen LogP contribution in [0.3, 0.4) is 0 Å². The van der Waals surface area contributed by atoms with Gasteiger partial charge in [-0.2, -0.15) is 0 Å². The van der Waals surface area contributed by atoms with E-state index >= 15 is 0 Å². The van der Waals surface area contributed by atoms with Gasteiger partial charge in [0, 0.05) is 5.02 Å². The van der Waals surface area contributed by atoms with Gasteiger partial charge in [-0.05, 0) is 48.4 Å². The average molecular weight is 239 g/mol. The normalized spacial score (nSPS) is 24.3. The third kappa shape index (κ3) is 2.35. The molecule has 1 fully saturated rings. The predicted molar refractivity (Wildman–Crippen MR) is 68.4 cm³/mol. The van der Waals surface area contributed by atoms with Crippen LogP contribution >= 0.6 is 11.6 Å². The van der Waals surface area contributed by atoms with Gasteiger partial charge in [0.15, 0.2) is 0 Å². The van der Waals surface area contributed by atoms with Crippen molar-refractivity contribution in [2.75, 3.05) is 0 Å². The van der Waals surface area contributed by atoms with Crippen molar-refractivity contribution in [3.63, 3.8) is 0 Å². The third-order valence-electron chi connectivity index (χ3n) is 3.42. The Balaban J connectivity index is 2.12. The lowest BCUT2D eigenvalue weighted by atomic mass is 9.83. The van der Waals surface area contributed by atoms with Crippen molar-refractivity contribution in [1.29, 1.82) is 0 Å². The summed E-state index contributed by atoms with van der Waals surface area (Å²) in [5, 5.41) is 0.837. The maximum absolute atomic E-state index is 6.15. The first-order chi connectivity index (χ1) is 7.58. The Kier molecular flexibility index (Phi) is 3.44. The van der Waals surface area contributed by atoms with Crippen molar-refractivity contribution >= 4 is 11.6 Å². The minimum absolute atomic E-state index is 0.404. The molecule has 2 rings (SSSR count). The minimum atomic E-state index is 0.404. The summed E-state index contributed by atoms with van der Waals surface area (Å²) in [4.78, 5) is 0. The molecule has 2 heteroatoms. The molecule has 1 saturated carbocycles. The fourth-order valence-electron chi connectivity index (χ4n) is 2.02. The Bertz CT molecular complexity index is 373. The monoisotopic (exact) mass is 238 g/mol. The fraction of sp³-hybridized carbons (Fsp3) is 0.571. The molecule has 0 saturated heterocycles. The molecule has 0 heterocycles. The van der Waals surface area contributed by atoms with Crippen LogP contribution in [-0.4, -0.2) is 6.10 Å². The average Bonchev–Trinajstić information content (AvgIpc) is 2.25. The summed E-state index contributed by atoms with van der Waals surface area (Å²) < 4.78 is 5.95. The number of halogens is 1. The first-order valence-corrected chi connectivity index (χ1v) is 6.42. The topological polar surface area (TPSA) is 9.23 Å². The maximum atomic E-state index is 6.15. The molecule has 2 atom stereocenters.